The Morgan fingerprint density at radius 1 is 0.306 bits per heavy atom. The molecule has 0 aliphatic heterocycles. The molecule has 3 aromatic heterocycles. The van der Waals surface area contributed by atoms with Gasteiger partial charge in [0.2, 0.25) is 0 Å². The lowest BCUT2D eigenvalue weighted by Gasteiger charge is -2.25. The number of para-hydroxylation sites is 6. The van der Waals surface area contributed by atoms with Crippen LogP contribution in [0.25, 0.3) is 77.5 Å². The first-order chi connectivity index (χ1) is 35.6. The Morgan fingerprint density at radius 2 is 0.667 bits per heavy atom. The van der Waals surface area contributed by atoms with Crippen molar-refractivity contribution in [2.45, 2.75) is 13.8 Å². The van der Waals surface area contributed by atoms with Crippen LogP contribution in [0.2, 0.25) is 0 Å². The zero-order valence-corrected chi connectivity index (χ0v) is 39.9. The van der Waals surface area contributed by atoms with E-state index in [1.807, 2.05) is 18.5 Å². The molecule has 72 heavy (non-hydrogen) atoms. The first-order valence-corrected chi connectivity index (χ1v) is 24.5. The van der Waals surface area contributed by atoms with Crippen molar-refractivity contribution in [3.63, 3.8) is 0 Å². The monoisotopic (exact) mass is 924 g/mol. The Kier molecular flexibility index (Phi) is 10.5. The van der Waals surface area contributed by atoms with Crippen LogP contribution in [0.3, 0.4) is 0 Å². The third-order valence-corrected chi connectivity index (χ3v) is 14.0. The fraction of sp³-hybridized carbons (Fsp3) is 0.0303. The normalized spacial score (nSPS) is 11.5. The van der Waals surface area contributed by atoms with E-state index >= 15 is 0 Å². The summed E-state index contributed by atoms with van der Waals surface area (Å²) in [7, 11) is 0. The van der Waals surface area contributed by atoms with Gasteiger partial charge in [-0.15, -0.1) is 0 Å². The standard InChI is InChI=1S/C66H48N6/c1-45-38-47(39-46(2)65(45)66-67-36-19-37-68-66)48-40-55(71-61-30-17-15-28-57(61)59-43-53(32-34-63(59)71)69(49-20-7-3-8-21-49)50-22-9-4-10-23-50)42-56(41-48)72-62-31-18-16-29-58(62)60-44-54(33-35-64(60)72)70(51-24-11-5-12-25-51)52-26-13-6-14-27-52/h3-44H,1-2H3. The molecule has 0 saturated carbocycles. The van der Waals surface area contributed by atoms with Crippen molar-refractivity contribution in [1.29, 1.82) is 0 Å². The molecule has 0 amide bonds. The first kappa shape index (κ1) is 42.6. The molecule has 0 bridgehead atoms. The van der Waals surface area contributed by atoms with Crippen molar-refractivity contribution in [3.05, 3.63) is 266 Å². The zero-order chi connectivity index (χ0) is 48.1. The van der Waals surface area contributed by atoms with Gasteiger partial charge in [-0.2, -0.15) is 0 Å². The molecule has 0 aliphatic carbocycles. The van der Waals surface area contributed by atoms with Crippen molar-refractivity contribution in [2.24, 2.45) is 0 Å². The van der Waals surface area contributed by atoms with Gasteiger partial charge in [-0.3, -0.25) is 0 Å². The topological polar surface area (TPSA) is 42.1 Å². The summed E-state index contributed by atoms with van der Waals surface area (Å²) in [5.74, 6) is 0.735. The molecule has 13 aromatic rings. The van der Waals surface area contributed by atoms with Gasteiger partial charge in [-0.05, 0) is 157 Å². The third-order valence-electron chi connectivity index (χ3n) is 14.0. The number of hydrogen-bond donors (Lipinski definition) is 0. The van der Waals surface area contributed by atoms with Crippen LogP contribution in [0.15, 0.2) is 255 Å². The number of aryl methyl sites for hydroxylation is 2. The highest BCUT2D eigenvalue weighted by molar-refractivity contribution is 6.12. The van der Waals surface area contributed by atoms with Crippen LogP contribution in [0.1, 0.15) is 11.1 Å². The van der Waals surface area contributed by atoms with Gasteiger partial charge in [0.25, 0.3) is 0 Å². The van der Waals surface area contributed by atoms with Crippen molar-refractivity contribution < 1.29 is 0 Å². The number of hydrogen-bond acceptors (Lipinski definition) is 4. The smallest absolute Gasteiger partial charge is 0.159 e. The first-order valence-electron chi connectivity index (χ1n) is 24.5. The van der Waals surface area contributed by atoms with E-state index in [-0.39, 0.29) is 0 Å². The molecule has 6 nitrogen and oxygen atoms in total. The highest BCUT2D eigenvalue weighted by Gasteiger charge is 2.22. The second kappa shape index (κ2) is 17.8. The van der Waals surface area contributed by atoms with Crippen LogP contribution in [0, 0.1) is 13.8 Å². The highest BCUT2D eigenvalue weighted by Crippen LogP contribution is 2.44. The van der Waals surface area contributed by atoms with Crippen LogP contribution in [-0.2, 0) is 0 Å². The molecule has 0 unspecified atom stereocenters. The van der Waals surface area contributed by atoms with E-state index in [9.17, 15) is 0 Å². The van der Waals surface area contributed by atoms with Crippen molar-refractivity contribution in [2.75, 3.05) is 9.80 Å². The van der Waals surface area contributed by atoms with Gasteiger partial charge in [-0.25, -0.2) is 9.97 Å². The van der Waals surface area contributed by atoms with Gasteiger partial charge in [0.1, 0.15) is 0 Å². The Hall–Kier alpha value is -9.52. The van der Waals surface area contributed by atoms with Gasteiger partial charge < -0.3 is 18.9 Å². The average molecular weight is 925 g/mol. The third kappa shape index (κ3) is 7.36. The summed E-state index contributed by atoms with van der Waals surface area (Å²) in [6.45, 7) is 4.34. The second-order valence-corrected chi connectivity index (χ2v) is 18.4. The Balaban J connectivity index is 1.05. The van der Waals surface area contributed by atoms with Crippen molar-refractivity contribution in [3.8, 4) is 33.9 Å². The van der Waals surface area contributed by atoms with Crippen LogP contribution >= 0.6 is 0 Å². The molecule has 13 rings (SSSR count). The van der Waals surface area contributed by atoms with Crippen LogP contribution in [0.4, 0.5) is 34.1 Å². The minimum atomic E-state index is 0.735. The number of benzene rings is 10. The zero-order valence-electron chi connectivity index (χ0n) is 39.9. The Labute approximate surface area is 418 Å². The number of rotatable bonds is 10. The van der Waals surface area contributed by atoms with Crippen molar-refractivity contribution >= 4 is 77.7 Å². The van der Waals surface area contributed by atoms with E-state index < -0.39 is 0 Å². The van der Waals surface area contributed by atoms with Crippen molar-refractivity contribution in [1.82, 2.24) is 19.1 Å². The van der Waals surface area contributed by atoms with E-state index in [4.69, 9.17) is 0 Å². The van der Waals surface area contributed by atoms with E-state index in [0.717, 1.165) is 101 Å². The molecule has 0 N–H and O–H groups in total. The van der Waals surface area contributed by atoms with E-state index in [2.05, 4.69) is 279 Å². The SMILES string of the molecule is Cc1cc(-c2cc(-n3c4ccccc4c4cc(N(c5ccccc5)c5ccccc5)ccc43)cc(-n3c4ccccc4c4cc(N(c5ccccc5)c5ccccc5)ccc43)c2)cc(C)c1-c1ncccn1. The van der Waals surface area contributed by atoms with Crippen LogP contribution < -0.4 is 9.80 Å². The number of nitrogens with zero attached hydrogens (tertiary/aromatic N) is 6. The summed E-state index contributed by atoms with van der Waals surface area (Å²) in [6, 6.07) is 87.5. The lowest BCUT2D eigenvalue weighted by molar-refractivity contribution is 1.13. The summed E-state index contributed by atoms with van der Waals surface area (Å²) in [5, 5.41) is 4.73. The highest BCUT2D eigenvalue weighted by atomic mass is 15.1. The molecule has 6 heteroatoms. The minimum Gasteiger partial charge on any atom is -0.310 e. The van der Waals surface area contributed by atoms with E-state index in [0.29, 0.717) is 0 Å². The van der Waals surface area contributed by atoms with Gasteiger partial charge in [0, 0.05) is 85.0 Å². The molecule has 0 fully saturated rings. The van der Waals surface area contributed by atoms with Gasteiger partial charge >= 0.3 is 0 Å². The predicted molar refractivity (Wildman–Crippen MR) is 300 cm³/mol. The summed E-state index contributed by atoms with van der Waals surface area (Å²) < 4.78 is 4.90. The summed E-state index contributed by atoms with van der Waals surface area (Å²) >= 11 is 0. The lowest BCUT2D eigenvalue weighted by atomic mass is 9.94. The quantitative estimate of drug-likeness (QED) is 0.137. The maximum absolute atomic E-state index is 4.66. The maximum Gasteiger partial charge on any atom is 0.159 e. The fourth-order valence-corrected chi connectivity index (χ4v) is 10.9. The Bertz CT molecular complexity index is 3790. The second-order valence-electron chi connectivity index (χ2n) is 18.4. The molecular formula is C66H48N6. The number of aromatic nitrogens is 4. The fourth-order valence-electron chi connectivity index (χ4n) is 10.9. The maximum atomic E-state index is 4.66. The molecule has 0 atom stereocenters. The summed E-state index contributed by atoms with van der Waals surface area (Å²) in [4.78, 5) is 14.0. The number of anilines is 6. The van der Waals surface area contributed by atoms with E-state index in [1.54, 1.807) is 0 Å². The van der Waals surface area contributed by atoms with E-state index in [1.165, 1.54) is 21.5 Å². The molecule has 0 aliphatic rings. The molecular weight excluding hydrogens is 877 g/mol. The van der Waals surface area contributed by atoms with Gasteiger partial charge in [-0.1, -0.05) is 121 Å². The van der Waals surface area contributed by atoms with Gasteiger partial charge in [0.15, 0.2) is 5.82 Å². The summed E-state index contributed by atoms with van der Waals surface area (Å²) in [5.41, 5.74) is 18.8. The van der Waals surface area contributed by atoms with Gasteiger partial charge in [0.05, 0.1) is 22.1 Å². The summed E-state index contributed by atoms with van der Waals surface area (Å²) in [6.07, 6.45) is 3.63. The number of fused-ring (bicyclic) bond motifs is 6. The molecule has 0 radical (unpaired) electrons. The molecule has 342 valence electrons. The minimum absolute atomic E-state index is 0.735. The predicted octanol–water partition coefficient (Wildman–Crippen LogP) is 17.6. The molecule has 10 aromatic carbocycles. The molecule has 0 saturated heterocycles. The van der Waals surface area contributed by atoms with Crippen LogP contribution in [-0.4, -0.2) is 19.1 Å². The van der Waals surface area contributed by atoms with Crippen LogP contribution in [0.5, 0.6) is 0 Å². The Morgan fingerprint density at radius 3 is 1.08 bits per heavy atom. The largest absolute Gasteiger partial charge is 0.310 e. The average Bonchev–Trinajstić information content (AvgIpc) is 3.95. The molecule has 3 heterocycles. The molecule has 0 spiro atoms. The lowest BCUT2D eigenvalue weighted by Crippen LogP contribution is -2.09.